The summed E-state index contributed by atoms with van der Waals surface area (Å²) in [5, 5.41) is 0. The molecule has 1 aromatic rings. The summed E-state index contributed by atoms with van der Waals surface area (Å²) in [6.07, 6.45) is 13.4. The van der Waals surface area contributed by atoms with Crippen molar-refractivity contribution >= 4 is 0 Å². The van der Waals surface area contributed by atoms with Crippen LogP contribution in [0.3, 0.4) is 0 Å². The molecule has 0 aliphatic carbocycles. The van der Waals surface area contributed by atoms with Crippen molar-refractivity contribution in [3.05, 3.63) is 24.5 Å². The van der Waals surface area contributed by atoms with Crippen LogP contribution in [0, 0.1) is 5.92 Å². The highest BCUT2D eigenvalue weighted by molar-refractivity contribution is 5.17. The van der Waals surface area contributed by atoms with Gasteiger partial charge in [0, 0.05) is 38.1 Å². The maximum Gasteiger partial charge on any atom is 0.122 e. The van der Waals surface area contributed by atoms with Crippen LogP contribution in [-0.2, 0) is 0 Å². The summed E-state index contributed by atoms with van der Waals surface area (Å²) in [7, 11) is 0. The molecule has 0 radical (unpaired) electrons. The van der Waals surface area contributed by atoms with Gasteiger partial charge in [0.15, 0.2) is 0 Å². The summed E-state index contributed by atoms with van der Waals surface area (Å²) in [6, 6.07) is 4.80. The van der Waals surface area contributed by atoms with Crippen molar-refractivity contribution < 1.29 is 4.74 Å². The molecule has 4 heterocycles. The van der Waals surface area contributed by atoms with E-state index in [1.807, 2.05) is 24.5 Å². The van der Waals surface area contributed by atoms with E-state index in [4.69, 9.17) is 4.74 Å². The summed E-state index contributed by atoms with van der Waals surface area (Å²) in [6.45, 7) is 6.40. The van der Waals surface area contributed by atoms with Crippen LogP contribution >= 0.6 is 0 Å². The van der Waals surface area contributed by atoms with Crippen LogP contribution in [0.4, 0.5) is 0 Å². The average Bonchev–Trinajstić information content (AvgIpc) is 2.65. The van der Waals surface area contributed by atoms with E-state index < -0.39 is 0 Å². The van der Waals surface area contributed by atoms with Gasteiger partial charge in [-0.05, 0) is 69.7 Å². The number of fused-ring (bicyclic) bond motifs is 1. The Morgan fingerprint density at radius 2 is 1.71 bits per heavy atom. The van der Waals surface area contributed by atoms with Gasteiger partial charge in [-0.15, -0.1) is 0 Å². The highest BCUT2D eigenvalue weighted by Gasteiger charge is 2.34. The number of pyridine rings is 1. The number of hydrogen-bond acceptors (Lipinski definition) is 4. The van der Waals surface area contributed by atoms with Crippen LogP contribution in [0.15, 0.2) is 24.5 Å². The Morgan fingerprint density at radius 1 is 0.917 bits per heavy atom. The fourth-order valence-corrected chi connectivity index (χ4v) is 4.94. The third-order valence-corrected chi connectivity index (χ3v) is 6.21. The van der Waals surface area contributed by atoms with Crippen molar-refractivity contribution in [2.75, 3.05) is 32.7 Å². The van der Waals surface area contributed by atoms with Gasteiger partial charge < -0.3 is 14.5 Å². The van der Waals surface area contributed by atoms with Crippen LogP contribution in [-0.4, -0.2) is 59.7 Å². The average molecular weight is 329 g/mol. The first kappa shape index (κ1) is 16.3. The molecule has 0 spiro atoms. The molecule has 0 N–H and O–H groups in total. The zero-order chi connectivity index (χ0) is 16.2. The topological polar surface area (TPSA) is 28.6 Å². The second-order valence-corrected chi connectivity index (χ2v) is 7.80. The Morgan fingerprint density at radius 3 is 2.54 bits per heavy atom. The summed E-state index contributed by atoms with van der Waals surface area (Å²) in [4.78, 5) is 9.55. The fourth-order valence-electron chi connectivity index (χ4n) is 4.94. The first-order chi connectivity index (χ1) is 11.9. The Bertz CT molecular complexity index is 499. The van der Waals surface area contributed by atoms with Crippen molar-refractivity contribution in [3.8, 4) is 5.75 Å². The van der Waals surface area contributed by atoms with Crippen molar-refractivity contribution in [1.82, 2.24) is 14.8 Å². The summed E-state index contributed by atoms with van der Waals surface area (Å²) in [5.41, 5.74) is 0. The molecular formula is C20H31N3O. The van der Waals surface area contributed by atoms with Gasteiger partial charge in [-0.2, -0.15) is 0 Å². The molecule has 3 aliphatic rings. The highest BCUT2D eigenvalue weighted by Crippen LogP contribution is 2.32. The van der Waals surface area contributed by atoms with E-state index in [0.717, 1.165) is 30.6 Å². The summed E-state index contributed by atoms with van der Waals surface area (Å²) >= 11 is 0. The fraction of sp³-hybridized carbons (Fsp3) is 0.750. The molecule has 132 valence electrons. The maximum atomic E-state index is 6.10. The molecule has 3 aliphatic heterocycles. The van der Waals surface area contributed by atoms with Gasteiger partial charge in [0.05, 0.1) is 0 Å². The predicted molar refractivity (Wildman–Crippen MR) is 96.3 cm³/mol. The van der Waals surface area contributed by atoms with E-state index in [1.165, 1.54) is 64.8 Å². The summed E-state index contributed by atoms with van der Waals surface area (Å²) in [5.74, 6) is 1.87. The zero-order valence-corrected chi connectivity index (χ0v) is 14.8. The van der Waals surface area contributed by atoms with Gasteiger partial charge in [0.2, 0.25) is 0 Å². The number of nitrogens with zero attached hydrogens (tertiary/aromatic N) is 3. The molecule has 4 nitrogen and oxygen atoms in total. The minimum Gasteiger partial charge on any atom is -0.490 e. The lowest BCUT2D eigenvalue weighted by molar-refractivity contribution is 0.0262. The van der Waals surface area contributed by atoms with E-state index in [-0.39, 0.29) is 0 Å². The molecule has 0 amide bonds. The molecule has 2 atom stereocenters. The van der Waals surface area contributed by atoms with Gasteiger partial charge >= 0.3 is 0 Å². The molecule has 0 unspecified atom stereocenters. The van der Waals surface area contributed by atoms with Crippen LogP contribution in [0.5, 0.6) is 5.75 Å². The molecule has 0 aromatic carbocycles. The molecule has 4 heteroatoms. The number of aromatic nitrogens is 1. The van der Waals surface area contributed by atoms with Crippen molar-refractivity contribution in [2.45, 2.75) is 57.1 Å². The SMILES string of the molecule is c1cc(OC2CCN(C[C@@H]3CCCN4CCCC[C@H]34)CC2)ccn1. The normalized spacial score (nSPS) is 30.0. The lowest BCUT2D eigenvalue weighted by Crippen LogP contribution is -2.52. The van der Waals surface area contributed by atoms with Gasteiger partial charge in [-0.25, -0.2) is 0 Å². The Hall–Kier alpha value is -1.13. The number of piperidine rings is 3. The second-order valence-electron chi connectivity index (χ2n) is 7.80. The quantitative estimate of drug-likeness (QED) is 0.848. The molecule has 1 aromatic heterocycles. The maximum absolute atomic E-state index is 6.10. The third-order valence-electron chi connectivity index (χ3n) is 6.21. The molecular weight excluding hydrogens is 298 g/mol. The van der Waals surface area contributed by atoms with Gasteiger partial charge in [-0.1, -0.05) is 6.42 Å². The van der Waals surface area contributed by atoms with E-state index in [9.17, 15) is 0 Å². The minimum absolute atomic E-state index is 0.376. The second kappa shape index (κ2) is 7.83. The van der Waals surface area contributed by atoms with Crippen LogP contribution in [0.25, 0.3) is 0 Å². The Balaban J connectivity index is 1.25. The van der Waals surface area contributed by atoms with E-state index in [1.54, 1.807) is 0 Å². The Labute approximate surface area is 146 Å². The number of hydrogen-bond donors (Lipinski definition) is 0. The molecule has 4 rings (SSSR count). The van der Waals surface area contributed by atoms with E-state index >= 15 is 0 Å². The number of likely N-dealkylation sites (tertiary alicyclic amines) is 1. The van der Waals surface area contributed by atoms with Gasteiger partial charge in [-0.3, -0.25) is 4.98 Å². The molecule has 0 bridgehead atoms. The molecule has 24 heavy (non-hydrogen) atoms. The largest absolute Gasteiger partial charge is 0.490 e. The smallest absolute Gasteiger partial charge is 0.122 e. The molecule has 3 fully saturated rings. The lowest BCUT2D eigenvalue weighted by Gasteiger charge is -2.46. The third kappa shape index (κ3) is 3.92. The first-order valence-electron chi connectivity index (χ1n) is 9.91. The molecule has 3 saturated heterocycles. The van der Waals surface area contributed by atoms with Crippen LogP contribution in [0.2, 0.25) is 0 Å². The monoisotopic (exact) mass is 329 g/mol. The zero-order valence-electron chi connectivity index (χ0n) is 14.8. The summed E-state index contributed by atoms with van der Waals surface area (Å²) < 4.78 is 6.10. The van der Waals surface area contributed by atoms with Crippen molar-refractivity contribution in [2.24, 2.45) is 5.92 Å². The standard InChI is InChI=1S/C20H31N3O/c1-2-12-23-13-3-4-17(20(23)5-1)16-22-14-8-19(9-15-22)24-18-6-10-21-11-7-18/h6-7,10-11,17,19-20H,1-5,8-9,12-16H2/t17-,20+/m0/s1. The number of ether oxygens (including phenoxy) is 1. The number of rotatable bonds is 4. The first-order valence-corrected chi connectivity index (χ1v) is 9.91. The lowest BCUT2D eigenvalue weighted by atomic mass is 9.83. The van der Waals surface area contributed by atoms with Crippen molar-refractivity contribution in [3.63, 3.8) is 0 Å². The van der Waals surface area contributed by atoms with Crippen molar-refractivity contribution in [1.29, 1.82) is 0 Å². The van der Waals surface area contributed by atoms with E-state index in [2.05, 4.69) is 14.8 Å². The predicted octanol–water partition coefficient (Wildman–Crippen LogP) is 3.19. The van der Waals surface area contributed by atoms with Gasteiger partial charge in [0.1, 0.15) is 11.9 Å². The Kier molecular flexibility index (Phi) is 5.34. The molecule has 0 saturated carbocycles. The van der Waals surface area contributed by atoms with Crippen LogP contribution < -0.4 is 4.74 Å². The highest BCUT2D eigenvalue weighted by atomic mass is 16.5. The van der Waals surface area contributed by atoms with Gasteiger partial charge in [0.25, 0.3) is 0 Å². The van der Waals surface area contributed by atoms with Crippen LogP contribution in [0.1, 0.15) is 44.9 Å². The van der Waals surface area contributed by atoms with E-state index in [0.29, 0.717) is 6.10 Å². The minimum atomic E-state index is 0.376.